The van der Waals surface area contributed by atoms with Crippen molar-refractivity contribution >= 4 is 29.7 Å². The maximum Gasteiger partial charge on any atom is 0.0624 e. The lowest BCUT2D eigenvalue weighted by Gasteiger charge is -2.12. The first kappa shape index (κ1) is 11.4. The Kier molecular flexibility index (Phi) is 3.75. The number of thiocarbonyl (C=S) groups is 1. The molecule has 0 saturated carbocycles. The summed E-state index contributed by atoms with van der Waals surface area (Å²) in [7, 11) is 0. The lowest BCUT2D eigenvalue weighted by Crippen LogP contribution is -2.05. The minimum absolute atomic E-state index is 0.0152. The molecule has 0 amide bonds. The number of benzene rings is 2. The number of hydrogen-bond donors (Lipinski definition) is 1. The van der Waals surface area contributed by atoms with Gasteiger partial charge < -0.3 is 0 Å². The highest BCUT2D eigenvalue weighted by molar-refractivity contribution is 7.86. The Morgan fingerprint density at radius 2 is 1.38 bits per heavy atom. The summed E-state index contributed by atoms with van der Waals surface area (Å²) in [4.78, 5) is 0.870. The SMILES string of the molecule is S=C(c1ccccc1)C(S)c1ccccc1. The molecular formula is C14H12S2. The van der Waals surface area contributed by atoms with E-state index in [1.807, 2.05) is 60.7 Å². The average Bonchev–Trinajstić information content (AvgIpc) is 2.39. The van der Waals surface area contributed by atoms with Crippen LogP contribution >= 0.6 is 24.8 Å². The lowest BCUT2D eigenvalue weighted by atomic mass is 10.0. The molecule has 2 rings (SSSR count). The quantitative estimate of drug-likeness (QED) is 0.482. The monoisotopic (exact) mass is 244 g/mol. The molecule has 0 aromatic heterocycles. The summed E-state index contributed by atoms with van der Waals surface area (Å²) >= 11 is 10.0. The molecule has 0 nitrogen and oxygen atoms in total. The molecule has 0 radical (unpaired) electrons. The Balaban J connectivity index is 2.24. The normalized spacial score (nSPS) is 12.1. The maximum atomic E-state index is 5.45. The van der Waals surface area contributed by atoms with Gasteiger partial charge >= 0.3 is 0 Å². The fourth-order valence-electron chi connectivity index (χ4n) is 1.55. The maximum absolute atomic E-state index is 5.45. The summed E-state index contributed by atoms with van der Waals surface area (Å²) < 4.78 is 0. The van der Waals surface area contributed by atoms with Crippen LogP contribution in [0.1, 0.15) is 16.4 Å². The standard InChI is InChI=1S/C14H12S2/c15-13(11-7-3-1-4-8-11)14(16)12-9-5-2-6-10-12/h1-10,13,15H. The Morgan fingerprint density at radius 3 is 1.94 bits per heavy atom. The highest BCUT2D eigenvalue weighted by Gasteiger charge is 2.12. The summed E-state index contributed by atoms with van der Waals surface area (Å²) in [5, 5.41) is -0.0152. The van der Waals surface area contributed by atoms with Crippen molar-refractivity contribution in [3.8, 4) is 0 Å². The van der Waals surface area contributed by atoms with Crippen molar-refractivity contribution in [3.05, 3.63) is 71.8 Å². The highest BCUT2D eigenvalue weighted by Crippen LogP contribution is 2.25. The van der Waals surface area contributed by atoms with Gasteiger partial charge in [0.05, 0.1) is 5.25 Å². The van der Waals surface area contributed by atoms with Gasteiger partial charge in [0.2, 0.25) is 0 Å². The second-order valence-corrected chi connectivity index (χ2v) is 4.50. The van der Waals surface area contributed by atoms with Crippen LogP contribution in [0.25, 0.3) is 0 Å². The van der Waals surface area contributed by atoms with E-state index < -0.39 is 0 Å². The van der Waals surface area contributed by atoms with Gasteiger partial charge in [0, 0.05) is 4.86 Å². The summed E-state index contributed by atoms with van der Waals surface area (Å²) in [6.45, 7) is 0. The first-order chi connectivity index (χ1) is 7.79. The van der Waals surface area contributed by atoms with E-state index in [0.717, 1.165) is 16.0 Å². The molecule has 0 spiro atoms. The Labute approximate surface area is 107 Å². The first-order valence-corrected chi connectivity index (χ1v) is 6.04. The van der Waals surface area contributed by atoms with Gasteiger partial charge in [-0.05, 0) is 11.1 Å². The molecule has 0 bridgehead atoms. The van der Waals surface area contributed by atoms with Crippen LogP contribution in [-0.4, -0.2) is 4.86 Å². The molecule has 2 aromatic carbocycles. The number of hydrogen-bond acceptors (Lipinski definition) is 2. The Hall–Kier alpha value is -1.12. The molecule has 0 saturated heterocycles. The van der Waals surface area contributed by atoms with Crippen molar-refractivity contribution in [2.45, 2.75) is 5.25 Å². The minimum Gasteiger partial charge on any atom is -0.165 e. The molecule has 2 aromatic rings. The van der Waals surface area contributed by atoms with Gasteiger partial charge in [-0.25, -0.2) is 0 Å². The summed E-state index contributed by atoms with van der Waals surface area (Å²) in [6, 6.07) is 20.1. The van der Waals surface area contributed by atoms with E-state index in [1.54, 1.807) is 0 Å². The number of thiol groups is 1. The molecular weight excluding hydrogens is 232 g/mol. The minimum atomic E-state index is -0.0152. The van der Waals surface area contributed by atoms with Crippen LogP contribution in [0.5, 0.6) is 0 Å². The van der Waals surface area contributed by atoms with E-state index >= 15 is 0 Å². The van der Waals surface area contributed by atoms with Crippen molar-refractivity contribution in [3.63, 3.8) is 0 Å². The zero-order valence-electron chi connectivity index (χ0n) is 8.71. The predicted molar refractivity (Wildman–Crippen MR) is 76.3 cm³/mol. The first-order valence-electron chi connectivity index (χ1n) is 5.11. The molecule has 0 N–H and O–H groups in total. The fraction of sp³-hybridized carbons (Fsp3) is 0.0714. The Morgan fingerprint density at radius 1 is 0.875 bits per heavy atom. The third-order valence-corrected chi connectivity index (χ3v) is 3.62. The number of rotatable bonds is 3. The van der Waals surface area contributed by atoms with Gasteiger partial charge in [0.25, 0.3) is 0 Å². The van der Waals surface area contributed by atoms with Crippen molar-refractivity contribution in [1.29, 1.82) is 0 Å². The molecule has 0 aliphatic carbocycles. The van der Waals surface area contributed by atoms with E-state index in [-0.39, 0.29) is 5.25 Å². The van der Waals surface area contributed by atoms with Crippen LogP contribution in [0.4, 0.5) is 0 Å². The van der Waals surface area contributed by atoms with E-state index in [2.05, 4.69) is 12.6 Å². The van der Waals surface area contributed by atoms with Gasteiger partial charge in [-0.1, -0.05) is 72.9 Å². The van der Waals surface area contributed by atoms with Gasteiger partial charge in [0.1, 0.15) is 0 Å². The van der Waals surface area contributed by atoms with Crippen LogP contribution in [0, 0.1) is 0 Å². The van der Waals surface area contributed by atoms with Crippen molar-refractivity contribution in [1.82, 2.24) is 0 Å². The van der Waals surface area contributed by atoms with Crippen LogP contribution in [0.2, 0.25) is 0 Å². The summed E-state index contributed by atoms with van der Waals surface area (Å²) in [5.41, 5.74) is 2.21. The summed E-state index contributed by atoms with van der Waals surface area (Å²) in [6.07, 6.45) is 0. The molecule has 0 aliphatic heterocycles. The van der Waals surface area contributed by atoms with Crippen LogP contribution < -0.4 is 0 Å². The van der Waals surface area contributed by atoms with Crippen LogP contribution in [0.15, 0.2) is 60.7 Å². The smallest absolute Gasteiger partial charge is 0.0624 e. The molecule has 1 atom stereocenters. The second-order valence-electron chi connectivity index (χ2n) is 3.54. The molecule has 0 fully saturated rings. The topological polar surface area (TPSA) is 0 Å². The third-order valence-electron chi connectivity index (χ3n) is 2.42. The van der Waals surface area contributed by atoms with Gasteiger partial charge in [-0.2, -0.15) is 12.6 Å². The predicted octanol–water partition coefficient (Wildman–Crippen LogP) is 4.08. The van der Waals surface area contributed by atoms with E-state index in [9.17, 15) is 0 Å². The highest BCUT2D eigenvalue weighted by atomic mass is 32.1. The Bertz CT molecular complexity index is 463. The third kappa shape index (κ3) is 2.52. The zero-order chi connectivity index (χ0) is 11.4. The largest absolute Gasteiger partial charge is 0.165 e. The van der Waals surface area contributed by atoms with E-state index in [4.69, 9.17) is 12.2 Å². The van der Waals surface area contributed by atoms with Gasteiger partial charge in [0.15, 0.2) is 0 Å². The molecule has 16 heavy (non-hydrogen) atoms. The molecule has 1 unspecified atom stereocenters. The second kappa shape index (κ2) is 5.28. The summed E-state index contributed by atoms with van der Waals surface area (Å²) in [5.74, 6) is 0. The molecule has 0 aliphatic rings. The van der Waals surface area contributed by atoms with Crippen LogP contribution in [0.3, 0.4) is 0 Å². The van der Waals surface area contributed by atoms with Crippen molar-refractivity contribution in [2.75, 3.05) is 0 Å². The van der Waals surface area contributed by atoms with E-state index in [0.29, 0.717) is 0 Å². The van der Waals surface area contributed by atoms with Crippen LogP contribution in [-0.2, 0) is 0 Å². The zero-order valence-corrected chi connectivity index (χ0v) is 10.4. The fourth-order valence-corrected chi connectivity index (χ4v) is 2.14. The van der Waals surface area contributed by atoms with Gasteiger partial charge in [-0.3, -0.25) is 0 Å². The molecule has 80 valence electrons. The average molecular weight is 244 g/mol. The molecule has 2 heteroatoms. The van der Waals surface area contributed by atoms with Gasteiger partial charge in [-0.15, -0.1) is 0 Å². The van der Waals surface area contributed by atoms with E-state index in [1.165, 1.54) is 0 Å². The molecule has 0 heterocycles. The van der Waals surface area contributed by atoms with Crippen molar-refractivity contribution < 1.29 is 0 Å². The van der Waals surface area contributed by atoms with Crippen molar-refractivity contribution in [2.24, 2.45) is 0 Å². The lowest BCUT2D eigenvalue weighted by molar-refractivity contribution is 1.32.